The average molecular weight is 374 g/mol. The van der Waals surface area contributed by atoms with Crippen LogP contribution in [0.15, 0.2) is 42.5 Å². The number of rotatable bonds is 7. The van der Waals surface area contributed by atoms with Gasteiger partial charge in [-0.05, 0) is 49.8 Å². The Balaban J connectivity index is 1.97. The summed E-state index contributed by atoms with van der Waals surface area (Å²) in [6.45, 7) is 5.16. The van der Waals surface area contributed by atoms with Crippen molar-refractivity contribution in [1.29, 1.82) is 0 Å². The Kier molecular flexibility index (Phi) is 7.09. The molecule has 0 saturated carbocycles. The van der Waals surface area contributed by atoms with Gasteiger partial charge in [-0.15, -0.1) is 11.3 Å². The van der Waals surface area contributed by atoms with Crippen molar-refractivity contribution in [1.82, 2.24) is 9.80 Å². The first-order chi connectivity index (χ1) is 12.4. The van der Waals surface area contributed by atoms with Gasteiger partial charge in [0.05, 0.1) is 6.54 Å². The van der Waals surface area contributed by atoms with Crippen LogP contribution in [0.4, 0.5) is 4.39 Å². The van der Waals surface area contributed by atoms with Gasteiger partial charge < -0.3 is 9.80 Å². The Labute approximate surface area is 157 Å². The van der Waals surface area contributed by atoms with Crippen molar-refractivity contribution in [2.75, 3.05) is 26.7 Å². The molecule has 138 valence electrons. The highest BCUT2D eigenvalue weighted by molar-refractivity contribution is 7.16. The number of carbonyl (C=O) groups excluding carboxylic acids is 2. The van der Waals surface area contributed by atoms with E-state index >= 15 is 0 Å². The summed E-state index contributed by atoms with van der Waals surface area (Å²) in [5.74, 6) is -0.547. The second kappa shape index (κ2) is 9.29. The van der Waals surface area contributed by atoms with E-state index in [4.69, 9.17) is 0 Å². The van der Waals surface area contributed by atoms with Crippen LogP contribution in [-0.2, 0) is 9.59 Å². The molecule has 2 rings (SSSR count). The van der Waals surface area contributed by atoms with Crippen molar-refractivity contribution in [2.24, 2.45) is 0 Å². The highest BCUT2D eigenvalue weighted by Crippen LogP contribution is 2.28. The van der Waals surface area contributed by atoms with Crippen LogP contribution >= 0.6 is 11.3 Å². The number of thiophene rings is 1. The van der Waals surface area contributed by atoms with Gasteiger partial charge in [0.1, 0.15) is 5.82 Å². The van der Waals surface area contributed by atoms with Crippen LogP contribution in [0.25, 0.3) is 16.5 Å². The van der Waals surface area contributed by atoms with Gasteiger partial charge in [-0.3, -0.25) is 9.59 Å². The van der Waals surface area contributed by atoms with Crippen molar-refractivity contribution in [3.63, 3.8) is 0 Å². The quantitative estimate of drug-likeness (QED) is 0.690. The molecule has 0 aliphatic heterocycles. The molecule has 0 N–H and O–H groups in total. The summed E-state index contributed by atoms with van der Waals surface area (Å²) >= 11 is 1.52. The van der Waals surface area contributed by atoms with Crippen LogP contribution < -0.4 is 0 Å². The molecule has 26 heavy (non-hydrogen) atoms. The molecule has 1 aromatic carbocycles. The Hall–Kier alpha value is -2.47. The topological polar surface area (TPSA) is 40.6 Å². The van der Waals surface area contributed by atoms with Crippen molar-refractivity contribution >= 4 is 29.2 Å². The summed E-state index contributed by atoms with van der Waals surface area (Å²) in [7, 11) is 1.62. The van der Waals surface area contributed by atoms with Crippen LogP contribution in [0.1, 0.15) is 18.7 Å². The number of likely N-dealkylation sites (N-methyl/N-ethyl adjacent to an activating group) is 2. The lowest BCUT2D eigenvalue weighted by molar-refractivity contribution is -0.136. The third-order valence-electron chi connectivity index (χ3n) is 4.01. The average Bonchev–Trinajstić information content (AvgIpc) is 3.10. The molecular weight excluding hydrogens is 351 g/mol. The molecule has 0 saturated heterocycles. The minimum absolute atomic E-state index is 0.0611. The maximum Gasteiger partial charge on any atom is 0.246 e. The highest BCUT2D eigenvalue weighted by Gasteiger charge is 2.14. The van der Waals surface area contributed by atoms with Crippen molar-refractivity contribution in [3.8, 4) is 10.4 Å². The van der Waals surface area contributed by atoms with Crippen molar-refractivity contribution in [3.05, 3.63) is 53.2 Å². The van der Waals surface area contributed by atoms with Gasteiger partial charge in [-0.2, -0.15) is 0 Å². The fourth-order valence-electron chi connectivity index (χ4n) is 2.45. The molecule has 1 heterocycles. The van der Waals surface area contributed by atoms with Crippen LogP contribution in [-0.4, -0.2) is 48.3 Å². The number of carbonyl (C=O) groups is 2. The molecule has 4 nitrogen and oxygen atoms in total. The Morgan fingerprint density at radius 3 is 2.35 bits per heavy atom. The largest absolute Gasteiger partial charge is 0.342 e. The molecule has 0 atom stereocenters. The Morgan fingerprint density at radius 2 is 1.73 bits per heavy atom. The van der Waals surface area contributed by atoms with Crippen LogP contribution in [0.3, 0.4) is 0 Å². The van der Waals surface area contributed by atoms with Crippen LogP contribution in [0, 0.1) is 5.82 Å². The predicted octanol–water partition coefficient (Wildman–Crippen LogP) is 3.89. The van der Waals surface area contributed by atoms with Gasteiger partial charge >= 0.3 is 0 Å². The molecule has 0 spiro atoms. The monoisotopic (exact) mass is 374 g/mol. The smallest absolute Gasteiger partial charge is 0.246 e. The number of hydrogen-bond acceptors (Lipinski definition) is 3. The third-order valence-corrected chi connectivity index (χ3v) is 5.11. The molecule has 0 fully saturated rings. The summed E-state index contributed by atoms with van der Waals surface area (Å²) in [6, 6.07) is 10.2. The van der Waals surface area contributed by atoms with Gasteiger partial charge in [0.15, 0.2) is 0 Å². The van der Waals surface area contributed by atoms with Crippen LogP contribution in [0.2, 0.25) is 0 Å². The normalized spacial score (nSPS) is 10.9. The summed E-state index contributed by atoms with van der Waals surface area (Å²) in [4.78, 5) is 29.3. The maximum atomic E-state index is 13.0. The van der Waals surface area contributed by atoms with Gasteiger partial charge in [0.25, 0.3) is 0 Å². The fraction of sp³-hybridized carbons (Fsp3) is 0.300. The highest BCUT2D eigenvalue weighted by atomic mass is 32.1. The molecule has 6 heteroatoms. The van der Waals surface area contributed by atoms with E-state index in [9.17, 15) is 14.0 Å². The summed E-state index contributed by atoms with van der Waals surface area (Å²) < 4.78 is 13.0. The van der Waals surface area contributed by atoms with E-state index in [-0.39, 0.29) is 24.2 Å². The van der Waals surface area contributed by atoms with Crippen molar-refractivity contribution in [2.45, 2.75) is 13.8 Å². The van der Waals surface area contributed by atoms with Gasteiger partial charge in [-0.25, -0.2) is 4.39 Å². The van der Waals surface area contributed by atoms with Gasteiger partial charge in [0, 0.05) is 36.0 Å². The standard InChI is InChI=1S/C20H23FN2O2S/c1-4-23(5-2)20(25)14-22(3)19(24)13-11-17-10-12-18(26-17)15-6-8-16(21)9-7-15/h6-13H,4-5,14H2,1-3H3/b13-11+. The maximum absolute atomic E-state index is 13.0. The zero-order valence-electron chi connectivity index (χ0n) is 15.2. The Morgan fingerprint density at radius 1 is 1.08 bits per heavy atom. The Bertz CT molecular complexity index is 779. The summed E-state index contributed by atoms with van der Waals surface area (Å²) in [6.07, 6.45) is 3.20. The number of benzene rings is 1. The molecule has 0 bridgehead atoms. The molecule has 0 radical (unpaired) electrons. The zero-order chi connectivity index (χ0) is 19.1. The second-order valence-electron chi connectivity index (χ2n) is 5.80. The molecule has 2 amide bonds. The van der Waals surface area contributed by atoms with E-state index in [1.54, 1.807) is 30.2 Å². The molecule has 0 aliphatic carbocycles. The van der Waals surface area contributed by atoms with E-state index in [1.165, 1.54) is 34.4 Å². The van der Waals surface area contributed by atoms with Crippen LogP contribution in [0.5, 0.6) is 0 Å². The molecule has 0 aliphatic rings. The molecule has 2 aromatic rings. The van der Waals surface area contributed by atoms with Gasteiger partial charge in [-0.1, -0.05) is 12.1 Å². The number of hydrogen-bond donors (Lipinski definition) is 0. The SMILES string of the molecule is CCN(CC)C(=O)CN(C)C(=O)/C=C/c1ccc(-c2ccc(F)cc2)s1. The summed E-state index contributed by atoms with van der Waals surface area (Å²) in [5, 5.41) is 0. The van der Waals surface area contributed by atoms with Crippen molar-refractivity contribution < 1.29 is 14.0 Å². The van der Waals surface area contributed by atoms with E-state index in [2.05, 4.69) is 0 Å². The fourth-order valence-corrected chi connectivity index (χ4v) is 3.37. The minimum Gasteiger partial charge on any atom is -0.342 e. The number of nitrogens with zero attached hydrogens (tertiary/aromatic N) is 2. The molecular formula is C20H23FN2O2S. The lowest BCUT2D eigenvalue weighted by atomic mass is 10.2. The number of halogens is 1. The van der Waals surface area contributed by atoms with E-state index in [0.717, 1.165) is 15.3 Å². The van der Waals surface area contributed by atoms with E-state index in [1.807, 2.05) is 26.0 Å². The van der Waals surface area contributed by atoms with E-state index in [0.29, 0.717) is 13.1 Å². The predicted molar refractivity (Wildman–Crippen MR) is 104 cm³/mol. The van der Waals surface area contributed by atoms with Gasteiger partial charge in [0.2, 0.25) is 11.8 Å². The lowest BCUT2D eigenvalue weighted by Crippen LogP contribution is -2.40. The molecule has 0 unspecified atom stereocenters. The first kappa shape index (κ1) is 19.8. The first-order valence-corrected chi connectivity index (χ1v) is 9.33. The summed E-state index contributed by atoms with van der Waals surface area (Å²) in [5.41, 5.74) is 0.935. The first-order valence-electron chi connectivity index (χ1n) is 8.51. The lowest BCUT2D eigenvalue weighted by Gasteiger charge is -2.22. The minimum atomic E-state index is -0.265. The number of amides is 2. The second-order valence-corrected chi connectivity index (χ2v) is 6.92. The molecule has 1 aromatic heterocycles. The van der Waals surface area contributed by atoms with E-state index < -0.39 is 0 Å². The zero-order valence-corrected chi connectivity index (χ0v) is 16.1. The third kappa shape index (κ3) is 5.26.